The molecule has 1 atom stereocenters. The molecular weight excluding hydrogens is 192 g/mol. The van der Waals surface area contributed by atoms with E-state index in [2.05, 4.69) is 31.8 Å². The molecule has 1 N–H and O–H groups in total. The lowest BCUT2D eigenvalue weighted by atomic mass is 10.1. The maximum atomic E-state index is 9.43. The molecule has 1 nitrogen and oxygen atoms in total. The third kappa shape index (κ3) is 2.68. The molecule has 0 bridgehead atoms. The van der Waals surface area contributed by atoms with Crippen LogP contribution in [0, 0.1) is 0 Å². The van der Waals surface area contributed by atoms with Crippen molar-refractivity contribution >= 4 is 10.0 Å². The molecule has 0 fully saturated rings. The van der Waals surface area contributed by atoms with Crippen molar-refractivity contribution in [3.63, 3.8) is 0 Å². The lowest BCUT2D eigenvalue weighted by molar-refractivity contribution is 0.474. The molecule has 0 saturated heterocycles. The number of phenolic OH excluding ortho intramolecular Hbond substituents is 1. The van der Waals surface area contributed by atoms with Crippen molar-refractivity contribution in [2.45, 2.75) is 18.6 Å². The number of rotatable bonds is 3. The van der Waals surface area contributed by atoms with Gasteiger partial charge in [0, 0.05) is 5.25 Å². The van der Waals surface area contributed by atoms with E-state index < -0.39 is 10.0 Å². The first-order valence-corrected chi connectivity index (χ1v) is 7.83. The fourth-order valence-corrected chi connectivity index (χ4v) is 3.83. The van der Waals surface area contributed by atoms with Gasteiger partial charge in [-0.2, -0.15) is 0 Å². The van der Waals surface area contributed by atoms with Crippen LogP contribution in [0.15, 0.2) is 24.3 Å². The minimum Gasteiger partial charge on any atom is -0.508 e. The van der Waals surface area contributed by atoms with Crippen LogP contribution in [0.25, 0.3) is 0 Å². The van der Waals surface area contributed by atoms with Gasteiger partial charge < -0.3 is 5.11 Å². The van der Waals surface area contributed by atoms with Crippen LogP contribution in [0.3, 0.4) is 0 Å². The first-order valence-electron chi connectivity index (χ1n) is 4.91. The van der Waals surface area contributed by atoms with Crippen LogP contribution in [0.4, 0.5) is 0 Å². The summed E-state index contributed by atoms with van der Waals surface area (Å²) in [5, 5.41) is 10.0. The molecule has 0 aliphatic rings. The molecule has 1 unspecified atom stereocenters. The minimum absolute atomic E-state index is 0.379. The third-order valence-corrected chi connectivity index (χ3v) is 4.78. The van der Waals surface area contributed by atoms with Gasteiger partial charge in [0.05, 0.1) is 0 Å². The predicted molar refractivity (Wildman–Crippen MR) is 66.5 cm³/mol. The van der Waals surface area contributed by atoms with Gasteiger partial charge in [0.1, 0.15) is 5.75 Å². The smallest absolute Gasteiger partial charge is 0.115 e. The molecule has 0 aliphatic heterocycles. The summed E-state index contributed by atoms with van der Waals surface area (Å²) in [5.41, 5.74) is 1.27. The molecule has 80 valence electrons. The van der Waals surface area contributed by atoms with E-state index in [-0.39, 0.29) is 0 Å². The predicted octanol–water partition coefficient (Wildman–Crippen LogP) is 3.54. The number of phenols is 1. The van der Waals surface area contributed by atoms with Crippen molar-refractivity contribution in [3.8, 4) is 5.75 Å². The molecule has 0 radical (unpaired) electrons. The minimum atomic E-state index is -0.596. The lowest BCUT2D eigenvalue weighted by Gasteiger charge is -2.35. The summed E-state index contributed by atoms with van der Waals surface area (Å²) >= 11 is 0. The van der Waals surface area contributed by atoms with E-state index in [0.29, 0.717) is 11.0 Å². The standard InChI is InChI=1S/C12H20OS/c1-5-12(14(2,3)4)10-7-6-8-11(13)9-10/h6-9,12-13H,5H2,1-4H3. The summed E-state index contributed by atoms with van der Waals surface area (Å²) < 4.78 is 0. The molecule has 1 aromatic rings. The molecule has 1 aromatic carbocycles. The third-order valence-electron chi connectivity index (χ3n) is 2.47. The second-order valence-corrected chi connectivity index (χ2v) is 8.86. The summed E-state index contributed by atoms with van der Waals surface area (Å²) in [4.78, 5) is 0. The molecule has 0 saturated carbocycles. The highest BCUT2D eigenvalue weighted by Crippen LogP contribution is 2.53. The van der Waals surface area contributed by atoms with Gasteiger partial charge in [-0.3, -0.25) is 0 Å². The fraction of sp³-hybridized carbons (Fsp3) is 0.500. The van der Waals surface area contributed by atoms with Gasteiger partial charge in [-0.15, -0.1) is 0 Å². The van der Waals surface area contributed by atoms with Crippen molar-refractivity contribution in [2.24, 2.45) is 0 Å². The summed E-state index contributed by atoms with van der Waals surface area (Å²) in [7, 11) is -0.596. The maximum Gasteiger partial charge on any atom is 0.115 e. The Morgan fingerprint density at radius 2 is 1.93 bits per heavy atom. The highest BCUT2D eigenvalue weighted by atomic mass is 32.3. The van der Waals surface area contributed by atoms with Gasteiger partial charge in [-0.05, 0) is 42.9 Å². The van der Waals surface area contributed by atoms with Crippen molar-refractivity contribution in [2.75, 3.05) is 18.8 Å². The van der Waals surface area contributed by atoms with E-state index in [9.17, 15) is 5.11 Å². The Kier molecular flexibility index (Phi) is 3.48. The van der Waals surface area contributed by atoms with Gasteiger partial charge in [0.15, 0.2) is 0 Å². The lowest BCUT2D eigenvalue weighted by Crippen LogP contribution is -2.06. The Hall–Kier alpha value is -0.630. The van der Waals surface area contributed by atoms with Crippen LogP contribution in [-0.4, -0.2) is 23.9 Å². The van der Waals surface area contributed by atoms with Crippen LogP contribution >= 0.6 is 10.0 Å². The van der Waals surface area contributed by atoms with Gasteiger partial charge >= 0.3 is 0 Å². The molecule has 1 rings (SSSR count). The Morgan fingerprint density at radius 3 is 2.36 bits per heavy atom. The van der Waals surface area contributed by atoms with Crippen molar-refractivity contribution in [1.82, 2.24) is 0 Å². The first-order chi connectivity index (χ1) is 6.45. The van der Waals surface area contributed by atoms with Crippen molar-refractivity contribution in [1.29, 1.82) is 0 Å². The molecule has 0 aliphatic carbocycles. The number of aromatic hydroxyl groups is 1. The monoisotopic (exact) mass is 212 g/mol. The second-order valence-electron chi connectivity index (χ2n) is 4.42. The van der Waals surface area contributed by atoms with Crippen molar-refractivity contribution in [3.05, 3.63) is 29.8 Å². The van der Waals surface area contributed by atoms with E-state index in [4.69, 9.17) is 0 Å². The summed E-state index contributed by atoms with van der Waals surface area (Å²) in [5.74, 6) is 0.379. The highest BCUT2D eigenvalue weighted by molar-refractivity contribution is 8.32. The normalized spacial score (nSPS) is 15.1. The Labute approximate surface area is 88.5 Å². The van der Waals surface area contributed by atoms with Crippen molar-refractivity contribution < 1.29 is 5.11 Å². The number of benzene rings is 1. The highest BCUT2D eigenvalue weighted by Gasteiger charge is 2.20. The van der Waals surface area contributed by atoms with Gasteiger partial charge in [-0.25, -0.2) is 10.0 Å². The van der Waals surface area contributed by atoms with Gasteiger partial charge in [-0.1, -0.05) is 19.1 Å². The summed E-state index contributed by atoms with van der Waals surface area (Å²) in [6.45, 7) is 2.22. The van der Waals surface area contributed by atoms with Crippen LogP contribution < -0.4 is 0 Å². The van der Waals surface area contributed by atoms with E-state index in [1.54, 1.807) is 6.07 Å². The molecule has 0 heterocycles. The summed E-state index contributed by atoms with van der Waals surface area (Å²) in [6, 6.07) is 7.67. The van der Waals surface area contributed by atoms with E-state index in [0.717, 1.165) is 6.42 Å². The van der Waals surface area contributed by atoms with Crippen LogP contribution in [-0.2, 0) is 0 Å². The number of hydrogen-bond donors (Lipinski definition) is 1. The molecule has 0 amide bonds. The fourth-order valence-electron chi connectivity index (χ4n) is 1.87. The Bertz CT molecular complexity index is 301. The Morgan fingerprint density at radius 1 is 1.29 bits per heavy atom. The molecule has 14 heavy (non-hydrogen) atoms. The second kappa shape index (κ2) is 4.26. The first kappa shape index (κ1) is 11.4. The molecule has 0 spiro atoms. The van der Waals surface area contributed by atoms with E-state index >= 15 is 0 Å². The van der Waals surface area contributed by atoms with Gasteiger partial charge in [0.25, 0.3) is 0 Å². The van der Waals surface area contributed by atoms with Crippen LogP contribution in [0.5, 0.6) is 5.75 Å². The van der Waals surface area contributed by atoms with E-state index in [1.165, 1.54) is 5.56 Å². The maximum absolute atomic E-state index is 9.43. The Balaban J connectivity index is 3.01. The number of hydrogen-bond acceptors (Lipinski definition) is 1. The summed E-state index contributed by atoms with van der Waals surface area (Å²) in [6.07, 6.45) is 8.12. The van der Waals surface area contributed by atoms with Crippen LogP contribution in [0.1, 0.15) is 24.2 Å². The molecule has 2 heteroatoms. The largest absolute Gasteiger partial charge is 0.508 e. The average molecular weight is 212 g/mol. The topological polar surface area (TPSA) is 20.2 Å². The average Bonchev–Trinajstić information content (AvgIpc) is 2.02. The van der Waals surface area contributed by atoms with E-state index in [1.807, 2.05) is 12.1 Å². The molecule has 0 aromatic heterocycles. The quantitative estimate of drug-likeness (QED) is 0.812. The van der Waals surface area contributed by atoms with Gasteiger partial charge in [0.2, 0.25) is 0 Å². The zero-order valence-corrected chi connectivity index (χ0v) is 10.3. The zero-order chi connectivity index (χ0) is 10.8. The zero-order valence-electron chi connectivity index (χ0n) is 9.45. The molecular formula is C12H20OS. The van der Waals surface area contributed by atoms with Crippen LogP contribution in [0.2, 0.25) is 0 Å². The SMILES string of the molecule is CCC(c1cccc(O)c1)S(C)(C)C.